The van der Waals surface area contributed by atoms with E-state index in [0.717, 1.165) is 23.0 Å². The van der Waals surface area contributed by atoms with Gasteiger partial charge in [0.05, 0.1) is 16.4 Å². The van der Waals surface area contributed by atoms with Crippen LogP contribution in [-0.2, 0) is 13.1 Å². The van der Waals surface area contributed by atoms with E-state index in [0.29, 0.717) is 12.4 Å². The van der Waals surface area contributed by atoms with Crippen LogP contribution in [0.4, 0.5) is 0 Å². The molecule has 2 rings (SSSR count). The average molecular weight is 312 g/mol. The fraction of sp³-hybridized carbons (Fsp3) is 0.400. The van der Waals surface area contributed by atoms with Gasteiger partial charge < -0.3 is 5.32 Å². The number of aromatic nitrogens is 2. The number of hydrogen-bond acceptors (Lipinski definition) is 2. The number of halogens is 2. The van der Waals surface area contributed by atoms with E-state index in [1.54, 1.807) is 0 Å². The molecule has 0 amide bonds. The Bertz CT molecular complexity index is 552. The first-order valence-electron chi connectivity index (χ1n) is 6.73. The summed E-state index contributed by atoms with van der Waals surface area (Å²) in [5.74, 6) is 0.515. The lowest BCUT2D eigenvalue weighted by Gasteiger charge is -2.17. The molecule has 0 radical (unpaired) electrons. The minimum absolute atomic E-state index is 0.106. The first-order chi connectivity index (χ1) is 9.67. The highest BCUT2D eigenvalue weighted by Crippen LogP contribution is 2.22. The van der Waals surface area contributed by atoms with Crippen molar-refractivity contribution in [3.05, 3.63) is 52.3 Å². The van der Waals surface area contributed by atoms with Gasteiger partial charge in [-0.1, -0.05) is 41.9 Å². The number of nitrogens with zero attached hydrogens (tertiary/aromatic N) is 2. The SMILES string of the molecule is CCn1nc(C)c(Cl)c1CNC(CCl)c1ccccc1. The summed E-state index contributed by atoms with van der Waals surface area (Å²) in [5.41, 5.74) is 3.06. The van der Waals surface area contributed by atoms with Gasteiger partial charge in [0.25, 0.3) is 0 Å². The van der Waals surface area contributed by atoms with Crippen molar-refractivity contribution in [2.45, 2.75) is 33.0 Å². The smallest absolute Gasteiger partial charge is 0.0860 e. The zero-order chi connectivity index (χ0) is 14.5. The third-order valence-corrected chi connectivity index (χ3v) is 4.13. The van der Waals surface area contributed by atoms with Gasteiger partial charge in [-0.05, 0) is 19.4 Å². The number of benzene rings is 1. The van der Waals surface area contributed by atoms with E-state index in [4.69, 9.17) is 23.2 Å². The van der Waals surface area contributed by atoms with Gasteiger partial charge in [-0.2, -0.15) is 5.10 Å². The molecule has 1 heterocycles. The van der Waals surface area contributed by atoms with Crippen molar-refractivity contribution in [2.24, 2.45) is 0 Å². The predicted octanol–water partition coefficient (Wildman–Crippen LogP) is 3.93. The second kappa shape index (κ2) is 7.11. The minimum atomic E-state index is 0.106. The molecule has 20 heavy (non-hydrogen) atoms. The lowest BCUT2D eigenvalue weighted by molar-refractivity contribution is 0.534. The lowest BCUT2D eigenvalue weighted by atomic mass is 10.1. The Labute approximate surface area is 129 Å². The number of rotatable bonds is 6. The van der Waals surface area contributed by atoms with E-state index in [9.17, 15) is 0 Å². The summed E-state index contributed by atoms with van der Waals surface area (Å²) < 4.78 is 1.93. The number of nitrogens with one attached hydrogen (secondary N) is 1. The maximum atomic E-state index is 6.31. The second-order valence-corrected chi connectivity index (χ2v) is 5.35. The summed E-state index contributed by atoms with van der Waals surface area (Å²) in [7, 11) is 0. The van der Waals surface area contributed by atoms with Gasteiger partial charge in [0.15, 0.2) is 0 Å². The number of alkyl halides is 1. The molecular weight excluding hydrogens is 293 g/mol. The van der Waals surface area contributed by atoms with Gasteiger partial charge in [0.1, 0.15) is 0 Å². The average Bonchev–Trinajstić information content (AvgIpc) is 2.76. The molecule has 1 aromatic heterocycles. The summed E-state index contributed by atoms with van der Waals surface area (Å²) >= 11 is 12.4. The van der Waals surface area contributed by atoms with Crippen molar-refractivity contribution in [3.63, 3.8) is 0 Å². The number of hydrogen-bond donors (Lipinski definition) is 1. The lowest BCUT2D eigenvalue weighted by Crippen LogP contribution is -2.24. The van der Waals surface area contributed by atoms with Crippen molar-refractivity contribution in [3.8, 4) is 0 Å². The molecule has 5 heteroatoms. The summed E-state index contributed by atoms with van der Waals surface area (Å²) in [4.78, 5) is 0. The highest BCUT2D eigenvalue weighted by Gasteiger charge is 2.15. The van der Waals surface area contributed by atoms with E-state index in [2.05, 4.69) is 29.5 Å². The number of aryl methyl sites for hydroxylation is 2. The fourth-order valence-corrected chi connectivity index (χ4v) is 2.69. The van der Waals surface area contributed by atoms with Crippen LogP contribution >= 0.6 is 23.2 Å². The molecule has 0 aliphatic rings. The molecule has 1 N–H and O–H groups in total. The Morgan fingerprint density at radius 3 is 2.60 bits per heavy atom. The molecule has 0 fully saturated rings. The maximum Gasteiger partial charge on any atom is 0.0860 e. The summed E-state index contributed by atoms with van der Waals surface area (Å²) in [6.07, 6.45) is 0. The first-order valence-corrected chi connectivity index (χ1v) is 7.64. The van der Waals surface area contributed by atoms with Gasteiger partial charge in [-0.15, -0.1) is 11.6 Å². The molecule has 1 unspecified atom stereocenters. The summed E-state index contributed by atoms with van der Waals surface area (Å²) in [6.45, 7) is 5.44. The standard InChI is InChI=1S/C15H19Cl2N3/c1-3-20-14(15(17)11(2)19-20)10-18-13(9-16)12-7-5-4-6-8-12/h4-8,13,18H,3,9-10H2,1-2H3. The predicted molar refractivity (Wildman–Crippen MR) is 84.4 cm³/mol. The van der Waals surface area contributed by atoms with Crippen LogP contribution in [0, 0.1) is 6.92 Å². The molecule has 0 aliphatic carbocycles. The molecule has 3 nitrogen and oxygen atoms in total. The molecule has 0 aliphatic heterocycles. The Kier molecular flexibility index (Phi) is 5.46. The van der Waals surface area contributed by atoms with Crippen LogP contribution < -0.4 is 5.32 Å². The van der Waals surface area contributed by atoms with Gasteiger partial charge >= 0.3 is 0 Å². The monoisotopic (exact) mass is 311 g/mol. The van der Waals surface area contributed by atoms with E-state index in [1.165, 1.54) is 5.56 Å². The quantitative estimate of drug-likeness (QED) is 0.819. The van der Waals surface area contributed by atoms with Gasteiger partial charge in [-0.3, -0.25) is 4.68 Å². The molecular formula is C15H19Cl2N3. The van der Waals surface area contributed by atoms with Gasteiger partial charge in [-0.25, -0.2) is 0 Å². The molecule has 2 aromatic rings. The largest absolute Gasteiger partial charge is 0.303 e. The van der Waals surface area contributed by atoms with Crippen molar-refractivity contribution in [1.29, 1.82) is 0 Å². The molecule has 1 aromatic carbocycles. The molecule has 0 bridgehead atoms. The summed E-state index contributed by atoms with van der Waals surface area (Å²) in [5, 5.41) is 8.61. The topological polar surface area (TPSA) is 29.9 Å². The molecule has 1 atom stereocenters. The van der Waals surface area contributed by atoms with Crippen LogP contribution in [0.1, 0.15) is 29.9 Å². The van der Waals surface area contributed by atoms with Crippen LogP contribution in [0.5, 0.6) is 0 Å². The minimum Gasteiger partial charge on any atom is -0.303 e. The van der Waals surface area contributed by atoms with Crippen LogP contribution in [0.15, 0.2) is 30.3 Å². The molecule has 0 spiro atoms. The third-order valence-electron chi connectivity index (χ3n) is 3.32. The van der Waals surface area contributed by atoms with Crippen LogP contribution in [0.3, 0.4) is 0 Å². The van der Waals surface area contributed by atoms with Gasteiger partial charge in [0, 0.05) is 25.0 Å². The zero-order valence-electron chi connectivity index (χ0n) is 11.7. The Hall–Kier alpha value is -1.03. The van der Waals surface area contributed by atoms with Crippen LogP contribution in [-0.4, -0.2) is 15.7 Å². The normalized spacial score (nSPS) is 12.6. The van der Waals surface area contributed by atoms with Crippen molar-refractivity contribution in [1.82, 2.24) is 15.1 Å². The van der Waals surface area contributed by atoms with Crippen molar-refractivity contribution in [2.75, 3.05) is 5.88 Å². The third kappa shape index (κ3) is 3.35. The first kappa shape index (κ1) is 15.4. The Morgan fingerprint density at radius 2 is 2.00 bits per heavy atom. The van der Waals surface area contributed by atoms with Gasteiger partial charge in [0.2, 0.25) is 0 Å². The second-order valence-electron chi connectivity index (χ2n) is 4.66. The van der Waals surface area contributed by atoms with E-state index < -0.39 is 0 Å². The molecule has 0 saturated heterocycles. The van der Waals surface area contributed by atoms with Crippen LogP contribution in [0.25, 0.3) is 0 Å². The summed E-state index contributed by atoms with van der Waals surface area (Å²) in [6, 6.07) is 10.3. The van der Waals surface area contributed by atoms with E-state index >= 15 is 0 Å². The molecule has 0 saturated carbocycles. The van der Waals surface area contributed by atoms with Crippen molar-refractivity contribution < 1.29 is 0 Å². The highest BCUT2D eigenvalue weighted by atomic mass is 35.5. The van der Waals surface area contributed by atoms with E-state index in [-0.39, 0.29) is 6.04 Å². The Morgan fingerprint density at radius 1 is 1.30 bits per heavy atom. The zero-order valence-corrected chi connectivity index (χ0v) is 13.2. The molecule has 108 valence electrons. The highest BCUT2D eigenvalue weighted by molar-refractivity contribution is 6.31. The Balaban J connectivity index is 2.11. The van der Waals surface area contributed by atoms with Crippen LogP contribution in [0.2, 0.25) is 5.02 Å². The van der Waals surface area contributed by atoms with Crippen molar-refractivity contribution >= 4 is 23.2 Å². The maximum absolute atomic E-state index is 6.31. The fourth-order valence-electron chi connectivity index (χ4n) is 2.20. The van der Waals surface area contributed by atoms with E-state index in [1.807, 2.05) is 29.8 Å².